The molecule has 14 heteroatoms. The predicted molar refractivity (Wildman–Crippen MR) is 176 cm³/mol. The quantitative estimate of drug-likeness (QED) is 0.166. The first-order valence-electron chi connectivity index (χ1n) is 15.4. The molecule has 52 heavy (non-hydrogen) atoms. The van der Waals surface area contributed by atoms with Gasteiger partial charge in [-0.05, 0) is 73.2 Å². The molecule has 0 radical (unpaired) electrons. The summed E-state index contributed by atoms with van der Waals surface area (Å²) in [5.74, 6) is 0.220. The molecule has 0 amide bonds. The molecule has 0 spiro atoms. The third-order valence-electron chi connectivity index (χ3n) is 8.16. The Balaban J connectivity index is 1.39. The van der Waals surface area contributed by atoms with Gasteiger partial charge in [0.15, 0.2) is 17.5 Å². The molecule has 0 atom stereocenters. The smallest absolute Gasteiger partial charge is 0.292 e. The van der Waals surface area contributed by atoms with Crippen molar-refractivity contribution in [2.75, 3.05) is 0 Å². The molecule has 0 fully saturated rings. The minimum atomic E-state index is -4.61. The van der Waals surface area contributed by atoms with E-state index in [2.05, 4.69) is 15.0 Å². The Kier molecular flexibility index (Phi) is 8.35. The highest BCUT2D eigenvalue weighted by Crippen LogP contribution is 2.37. The van der Waals surface area contributed by atoms with Crippen LogP contribution in [0.4, 0.5) is 39.5 Å². The van der Waals surface area contributed by atoms with Gasteiger partial charge in [0.2, 0.25) is 0 Å². The number of alkyl halides is 9. The molecule has 5 aromatic carbocycles. The van der Waals surface area contributed by atoms with Crippen molar-refractivity contribution in [3.63, 3.8) is 0 Å². The first-order chi connectivity index (χ1) is 24.5. The molecule has 0 saturated heterocycles. The zero-order valence-corrected chi connectivity index (χ0v) is 26.6. The highest BCUT2D eigenvalue weighted by Gasteiger charge is 2.33. The summed E-state index contributed by atoms with van der Waals surface area (Å²) in [6.07, 6.45) is -13.8. The minimum Gasteiger partial charge on any atom is -0.292 e. The lowest BCUT2D eigenvalue weighted by molar-refractivity contribution is -0.138. The first kappa shape index (κ1) is 34.4. The zero-order valence-electron chi connectivity index (χ0n) is 26.6. The summed E-state index contributed by atoms with van der Waals surface area (Å²) in [6.45, 7) is 1.56. The highest BCUT2D eigenvalue weighted by atomic mass is 19.4. The lowest BCUT2D eigenvalue weighted by atomic mass is 10.1. The van der Waals surface area contributed by atoms with E-state index in [0.717, 1.165) is 36.4 Å². The lowest BCUT2D eigenvalue weighted by Gasteiger charge is -2.15. The van der Waals surface area contributed by atoms with Crippen LogP contribution in [0, 0.1) is 6.92 Å². The number of aromatic nitrogens is 5. The van der Waals surface area contributed by atoms with Gasteiger partial charge >= 0.3 is 18.5 Å². The number of para-hydroxylation sites is 2. The molecule has 7 aromatic rings. The molecule has 7 rings (SSSR count). The van der Waals surface area contributed by atoms with E-state index < -0.39 is 35.2 Å². The average molecular weight is 720 g/mol. The molecule has 0 N–H and O–H groups in total. The second-order valence-electron chi connectivity index (χ2n) is 11.9. The van der Waals surface area contributed by atoms with Crippen molar-refractivity contribution in [2.45, 2.75) is 25.5 Å². The predicted octanol–water partition coefficient (Wildman–Crippen LogP) is 11.2. The molecular formula is C38H22F9N5. The second kappa shape index (κ2) is 12.6. The number of halogens is 9. The van der Waals surface area contributed by atoms with Crippen LogP contribution in [0.2, 0.25) is 0 Å². The number of nitrogens with zero attached hydrogens (tertiary/aromatic N) is 5. The van der Waals surface area contributed by atoms with Crippen molar-refractivity contribution in [2.24, 2.45) is 0 Å². The Morgan fingerprint density at radius 3 is 1.48 bits per heavy atom. The largest absolute Gasteiger partial charge is 0.416 e. The molecule has 0 bridgehead atoms. The van der Waals surface area contributed by atoms with Crippen LogP contribution in [-0.2, 0) is 18.5 Å². The highest BCUT2D eigenvalue weighted by molar-refractivity contribution is 5.84. The van der Waals surface area contributed by atoms with Crippen molar-refractivity contribution in [3.05, 3.63) is 138 Å². The third kappa shape index (κ3) is 6.83. The number of benzene rings is 5. The van der Waals surface area contributed by atoms with Gasteiger partial charge in [0.25, 0.3) is 0 Å². The monoisotopic (exact) mass is 719 g/mol. The fraction of sp³-hybridized carbons (Fsp3) is 0.105. The SMILES string of the molecule is Cc1cc(-n2c(-c3cccc(-c4nc(-c5ccc(C(F)(F)F)cc5)nc(-c5ccc(C(F)(F)F)cc5)n4)c3)nc3ccccc32)cc(C(F)(F)F)c1. The molecular weight excluding hydrogens is 697 g/mol. The molecule has 0 aliphatic heterocycles. The maximum Gasteiger partial charge on any atom is 0.416 e. The van der Waals surface area contributed by atoms with E-state index in [-0.39, 0.29) is 34.3 Å². The average Bonchev–Trinajstić information content (AvgIpc) is 3.50. The Hall–Kier alpha value is -6.05. The zero-order chi connectivity index (χ0) is 37.0. The van der Waals surface area contributed by atoms with Crippen LogP contribution in [0.1, 0.15) is 22.3 Å². The van der Waals surface area contributed by atoms with Crippen molar-refractivity contribution in [3.8, 4) is 51.2 Å². The topological polar surface area (TPSA) is 56.5 Å². The number of fused-ring (bicyclic) bond motifs is 1. The summed E-state index contributed by atoms with van der Waals surface area (Å²) in [7, 11) is 0. The number of imidazole rings is 1. The van der Waals surface area contributed by atoms with Crippen molar-refractivity contribution in [1.29, 1.82) is 0 Å². The Bertz CT molecular complexity index is 2350. The van der Waals surface area contributed by atoms with Gasteiger partial charge in [-0.15, -0.1) is 0 Å². The first-order valence-corrected chi connectivity index (χ1v) is 15.4. The fourth-order valence-electron chi connectivity index (χ4n) is 5.71. The van der Waals surface area contributed by atoms with E-state index in [0.29, 0.717) is 33.5 Å². The molecule has 262 valence electrons. The summed E-state index contributed by atoms with van der Waals surface area (Å²) in [6, 6.07) is 25.4. The molecule has 0 saturated carbocycles. The number of rotatable bonds is 5. The molecule has 5 nitrogen and oxygen atoms in total. The standard InChI is InChI=1S/C38H22F9N5/c1-21-17-28(38(45,46)47)20-29(18-21)52-31-8-3-2-7-30(31)48-35(52)25-6-4-5-24(19-25)34-50-32(22-9-13-26(14-10-22)36(39,40)41)49-33(51-34)23-11-15-27(16-12-23)37(42,43)44/h2-20H,1H3. The van der Waals surface area contributed by atoms with Crippen molar-refractivity contribution < 1.29 is 39.5 Å². The van der Waals surface area contributed by atoms with E-state index in [1.807, 2.05) is 0 Å². The van der Waals surface area contributed by atoms with Gasteiger partial charge in [0.1, 0.15) is 5.82 Å². The van der Waals surface area contributed by atoms with E-state index in [1.165, 1.54) is 24.3 Å². The third-order valence-corrected chi connectivity index (χ3v) is 8.16. The van der Waals surface area contributed by atoms with Crippen LogP contribution in [0.3, 0.4) is 0 Å². The van der Waals surface area contributed by atoms with Crippen LogP contribution in [0.25, 0.3) is 62.3 Å². The molecule has 0 aliphatic rings. The number of aryl methyl sites for hydroxylation is 1. The van der Waals surface area contributed by atoms with Gasteiger partial charge in [0, 0.05) is 27.9 Å². The fourth-order valence-corrected chi connectivity index (χ4v) is 5.71. The van der Waals surface area contributed by atoms with E-state index in [9.17, 15) is 39.5 Å². The minimum absolute atomic E-state index is 0.0271. The van der Waals surface area contributed by atoms with Gasteiger partial charge < -0.3 is 0 Å². The van der Waals surface area contributed by atoms with Gasteiger partial charge in [-0.2, -0.15) is 39.5 Å². The van der Waals surface area contributed by atoms with Crippen LogP contribution in [0.15, 0.2) is 115 Å². The van der Waals surface area contributed by atoms with Crippen LogP contribution >= 0.6 is 0 Å². The molecule has 0 aliphatic carbocycles. The van der Waals surface area contributed by atoms with E-state index in [4.69, 9.17) is 4.98 Å². The van der Waals surface area contributed by atoms with Crippen LogP contribution in [0.5, 0.6) is 0 Å². The summed E-state index contributed by atoms with van der Waals surface area (Å²) in [5, 5.41) is 0. The normalized spacial score (nSPS) is 12.4. The van der Waals surface area contributed by atoms with Crippen LogP contribution in [-0.4, -0.2) is 24.5 Å². The lowest BCUT2D eigenvalue weighted by Crippen LogP contribution is -2.07. The van der Waals surface area contributed by atoms with E-state index >= 15 is 0 Å². The summed E-state index contributed by atoms with van der Waals surface area (Å²) in [5.41, 5.74) is 0.178. The Morgan fingerprint density at radius 1 is 0.442 bits per heavy atom. The Morgan fingerprint density at radius 2 is 0.942 bits per heavy atom. The molecule has 2 aromatic heterocycles. The van der Waals surface area contributed by atoms with Crippen molar-refractivity contribution >= 4 is 11.0 Å². The van der Waals surface area contributed by atoms with Crippen molar-refractivity contribution in [1.82, 2.24) is 24.5 Å². The van der Waals surface area contributed by atoms with Gasteiger partial charge in [-0.25, -0.2) is 19.9 Å². The maximum atomic E-state index is 13.9. The summed E-state index contributed by atoms with van der Waals surface area (Å²) in [4.78, 5) is 18.2. The summed E-state index contributed by atoms with van der Waals surface area (Å²) >= 11 is 0. The molecule has 2 heterocycles. The van der Waals surface area contributed by atoms with E-state index in [1.54, 1.807) is 66.1 Å². The molecule has 0 unspecified atom stereocenters. The van der Waals surface area contributed by atoms with Gasteiger partial charge in [-0.3, -0.25) is 4.57 Å². The number of hydrogen-bond acceptors (Lipinski definition) is 4. The second-order valence-corrected chi connectivity index (χ2v) is 11.9. The number of hydrogen-bond donors (Lipinski definition) is 0. The summed E-state index contributed by atoms with van der Waals surface area (Å²) < 4.78 is 123. The Labute approximate surface area is 289 Å². The van der Waals surface area contributed by atoms with Gasteiger partial charge in [-0.1, -0.05) is 54.6 Å². The van der Waals surface area contributed by atoms with Crippen LogP contribution < -0.4 is 0 Å². The van der Waals surface area contributed by atoms with Gasteiger partial charge in [0.05, 0.1) is 27.7 Å². The maximum absolute atomic E-state index is 13.9.